The molecule has 450 valence electrons. The molecule has 19 heteroatoms. The number of hydrogen-bond acceptors (Lipinski definition) is 16. The molecule has 6 aliphatic rings. The minimum absolute atomic E-state index is 0.0389. The van der Waals surface area contributed by atoms with E-state index in [1.54, 1.807) is 44.4 Å². The van der Waals surface area contributed by atoms with Crippen LogP contribution in [0.3, 0.4) is 0 Å². The Hall–Kier alpha value is -7.16. The number of rotatable bonds is 26. The van der Waals surface area contributed by atoms with Gasteiger partial charge in [0.25, 0.3) is 11.8 Å². The maximum Gasteiger partial charge on any atom is 0.261 e. The van der Waals surface area contributed by atoms with Gasteiger partial charge in [0.15, 0.2) is 23.0 Å². The number of likely N-dealkylation sites (tertiary alicyclic amines) is 1. The number of carbonyl (C=O) groups is 4. The van der Waals surface area contributed by atoms with Crippen molar-refractivity contribution in [2.24, 2.45) is 10.9 Å². The predicted octanol–water partition coefficient (Wildman–Crippen LogP) is 9.60. The van der Waals surface area contributed by atoms with Crippen molar-refractivity contribution in [2.75, 3.05) is 101 Å². The van der Waals surface area contributed by atoms with Gasteiger partial charge in [-0.1, -0.05) is 55.7 Å². The average Bonchev–Trinajstić information content (AvgIpc) is 4.28. The highest BCUT2D eigenvalue weighted by molar-refractivity contribution is 8.02. The van der Waals surface area contributed by atoms with E-state index in [0.29, 0.717) is 105 Å². The summed E-state index contributed by atoms with van der Waals surface area (Å²) in [6.07, 6.45) is 7.83. The predicted molar refractivity (Wildman–Crippen MR) is 329 cm³/mol. The van der Waals surface area contributed by atoms with Gasteiger partial charge in [-0.15, -0.1) is 11.8 Å². The molecule has 1 saturated carbocycles. The number of nitrogens with one attached hydrogen (secondary N) is 1. The van der Waals surface area contributed by atoms with Gasteiger partial charge < -0.3 is 58.3 Å². The van der Waals surface area contributed by atoms with Crippen molar-refractivity contribution in [2.45, 2.75) is 113 Å². The Labute approximate surface area is 502 Å². The number of carbonyl (C=O) groups excluding carboxylic acids is 4. The molecule has 4 atom stereocenters. The van der Waals surface area contributed by atoms with Crippen LogP contribution in [0.2, 0.25) is 0 Å². The summed E-state index contributed by atoms with van der Waals surface area (Å²) in [6, 6.07) is 28.9. The van der Waals surface area contributed by atoms with Gasteiger partial charge in [-0.05, 0) is 97.8 Å². The molecule has 5 aliphatic heterocycles. The molecule has 2 fully saturated rings. The zero-order valence-electron chi connectivity index (χ0n) is 49.3. The summed E-state index contributed by atoms with van der Waals surface area (Å²) in [4.78, 5) is 68.3. The zero-order chi connectivity index (χ0) is 59.2. The van der Waals surface area contributed by atoms with Crippen molar-refractivity contribution < 1.29 is 57.4 Å². The number of hydrogen-bond donors (Lipinski definition) is 2. The summed E-state index contributed by atoms with van der Waals surface area (Å²) in [7, 11) is 4.75. The first-order valence-electron chi connectivity index (χ1n) is 29.8. The Morgan fingerprint density at radius 3 is 2.08 bits per heavy atom. The van der Waals surface area contributed by atoms with Crippen LogP contribution >= 0.6 is 11.8 Å². The summed E-state index contributed by atoms with van der Waals surface area (Å²) in [5.74, 6) is 1.43. The van der Waals surface area contributed by atoms with E-state index in [0.717, 1.165) is 77.8 Å². The molecule has 0 radical (unpaired) electrons. The van der Waals surface area contributed by atoms with E-state index in [1.807, 2.05) is 65.7 Å². The molecule has 0 aromatic heterocycles. The standard InChI is InChI=1S/C66H78N6O12S/c1-66(2,85-61-36-62(74)70(65(61)77)20-19-56(73)44-13-7-6-8-14-44)41-69(21-22-81-25-26-82-24-23-78-3)47-28-42(39-83-59-34-52-50(32-57(59)79-4)63(75)71-48(37-67-52)30-45-15-9-11-17-54(45)71)27-43(29-47)40-84-60-35-53-51(33-58(60)80-5)64(76)72-49(38-68-53)31-46-16-10-12-18-55(46)72/h9-12,15-18,27-29,32-35,37,44,48-49,61-62,68,74H,6-8,13-14,19-26,30-31,36,38-41H2,1-5H3/t48-,49-,61?,62?/m0/s1. The lowest BCUT2D eigenvalue weighted by atomic mass is 9.85. The van der Waals surface area contributed by atoms with Crippen LogP contribution in [0, 0.1) is 5.92 Å². The lowest BCUT2D eigenvalue weighted by Crippen LogP contribution is -2.41. The number of para-hydroxylation sites is 2. The number of amides is 3. The second kappa shape index (κ2) is 26.6. The number of thioether (sulfide) groups is 1. The Morgan fingerprint density at radius 2 is 1.38 bits per heavy atom. The van der Waals surface area contributed by atoms with Crippen LogP contribution in [-0.2, 0) is 49.9 Å². The van der Waals surface area contributed by atoms with Crippen molar-refractivity contribution in [1.29, 1.82) is 0 Å². The number of anilines is 4. The van der Waals surface area contributed by atoms with E-state index < -0.39 is 16.2 Å². The molecule has 11 rings (SSSR count). The number of nitrogens with zero attached hydrogens (tertiary/aromatic N) is 5. The molecule has 5 aromatic carbocycles. The minimum Gasteiger partial charge on any atom is -0.493 e. The topological polar surface area (TPSA) is 190 Å². The fraction of sp³-hybridized carbons (Fsp3) is 0.470. The van der Waals surface area contributed by atoms with Gasteiger partial charge in [0.2, 0.25) is 5.91 Å². The van der Waals surface area contributed by atoms with Crippen LogP contribution < -0.4 is 39.0 Å². The van der Waals surface area contributed by atoms with Crippen molar-refractivity contribution >= 4 is 69.9 Å². The maximum atomic E-state index is 14.3. The fourth-order valence-electron chi connectivity index (χ4n) is 12.8. The highest BCUT2D eigenvalue weighted by Gasteiger charge is 2.43. The van der Waals surface area contributed by atoms with Gasteiger partial charge in [0.1, 0.15) is 25.2 Å². The van der Waals surface area contributed by atoms with Crippen molar-refractivity contribution in [3.05, 3.63) is 124 Å². The molecule has 0 spiro atoms. The number of fused-ring (bicyclic) bond motifs is 8. The molecule has 2 unspecified atom stereocenters. The number of aliphatic imine (C=N–C) groups is 1. The van der Waals surface area contributed by atoms with Crippen LogP contribution in [-0.4, -0.2) is 149 Å². The molecule has 5 heterocycles. The SMILES string of the molecule is COCCOCCOCCN(CC(C)(C)SC1CC(O)N(CCC(=O)C2CCCCC2)C1=O)c1cc(COc2cc3c(cc2OC)C(=O)N2c4ccccc4C[C@H]2C=N3)cc(COc2cc3c(cc2OC)C(=O)N2c4ccccc4C[C@H]2CN3)c1. The third-order valence-electron chi connectivity index (χ3n) is 17.0. The third kappa shape index (κ3) is 13.3. The Bertz CT molecular complexity index is 3300. The lowest BCUT2D eigenvalue weighted by molar-refractivity contribution is -0.134. The quantitative estimate of drug-likeness (QED) is 0.0498. The molecule has 85 heavy (non-hydrogen) atoms. The van der Waals surface area contributed by atoms with E-state index in [4.69, 9.17) is 38.2 Å². The molecule has 2 N–H and O–H groups in total. The number of aliphatic hydroxyl groups is 1. The molecule has 1 saturated heterocycles. The number of ketones is 1. The summed E-state index contributed by atoms with van der Waals surface area (Å²) in [5.41, 5.74) is 8.48. The second-order valence-electron chi connectivity index (χ2n) is 23.4. The summed E-state index contributed by atoms with van der Waals surface area (Å²) in [5, 5.41) is 14.3. The molecule has 18 nitrogen and oxygen atoms in total. The van der Waals surface area contributed by atoms with Crippen LogP contribution in [0.4, 0.5) is 28.4 Å². The first-order valence-corrected chi connectivity index (χ1v) is 30.7. The van der Waals surface area contributed by atoms with Gasteiger partial charge >= 0.3 is 0 Å². The highest BCUT2D eigenvalue weighted by atomic mass is 32.2. The molecule has 5 aromatic rings. The molecule has 3 amide bonds. The zero-order valence-corrected chi connectivity index (χ0v) is 50.2. The number of methoxy groups -OCH3 is 3. The molecular weight excluding hydrogens is 1100 g/mol. The number of benzene rings is 5. The molecular formula is C66H78N6O12S. The normalized spacial score (nSPS) is 19.7. The number of Topliss-reactive ketones (excluding diaryl/α,β-unsaturated/α-hetero) is 1. The number of ether oxygens (including phenoxy) is 7. The van der Waals surface area contributed by atoms with E-state index >= 15 is 0 Å². The van der Waals surface area contributed by atoms with Crippen molar-refractivity contribution in [1.82, 2.24) is 4.90 Å². The average molecular weight is 1180 g/mol. The van der Waals surface area contributed by atoms with Gasteiger partial charge in [-0.3, -0.25) is 29.1 Å². The molecule has 1 aliphatic carbocycles. The summed E-state index contributed by atoms with van der Waals surface area (Å²) < 4.78 is 41.8. The third-order valence-corrected chi connectivity index (χ3v) is 18.5. The van der Waals surface area contributed by atoms with Crippen molar-refractivity contribution in [3.63, 3.8) is 0 Å². The monoisotopic (exact) mass is 1180 g/mol. The first kappa shape index (κ1) is 59.6. The van der Waals surface area contributed by atoms with Crippen LogP contribution in [0.5, 0.6) is 23.0 Å². The van der Waals surface area contributed by atoms with Gasteiger partial charge in [0.05, 0.1) is 87.1 Å². The Morgan fingerprint density at radius 1 is 0.741 bits per heavy atom. The second-order valence-corrected chi connectivity index (χ2v) is 25.3. The van der Waals surface area contributed by atoms with Crippen LogP contribution in [0.1, 0.15) is 102 Å². The highest BCUT2D eigenvalue weighted by Crippen LogP contribution is 2.44. The van der Waals surface area contributed by atoms with Crippen LogP contribution in [0.25, 0.3) is 0 Å². The van der Waals surface area contributed by atoms with E-state index in [9.17, 15) is 24.3 Å². The van der Waals surface area contributed by atoms with E-state index in [-0.39, 0.29) is 74.1 Å². The van der Waals surface area contributed by atoms with E-state index in [2.05, 4.69) is 42.3 Å². The largest absolute Gasteiger partial charge is 0.493 e. The van der Waals surface area contributed by atoms with Gasteiger partial charge in [-0.2, -0.15) is 0 Å². The Balaban J connectivity index is 0.876. The fourth-order valence-corrected chi connectivity index (χ4v) is 14.3. The van der Waals surface area contributed by atoms with E-state index in [1.165, 1.54) is 16.7 Å². The smallest absolute Gasteiger partial charge is 0.261 e. The Kier molecular flexibility index (Phi) is 18.7. The van der Waals surface area contributed by atoms with Crippen LogP contribution in [0.15, 0.2) is 96.0 Å². The minimum atomic E-state index is -0.973. The lowest BCUT2D eigenvalue weighted by Gasteiger charge is -2.35. The number of aliphatic hydroxyl groups excluding tert-OH is 1. The van der Waals surface area contributed by atoms with Gasteiger partial charge in [0, 0.05) is 98.6 Å². The summed E-state index contributed by atoms with van der Waals surface area (Å²) >= 11 is 1.53. The first-order chi connectivity index (χ1) is 41.3. The molecule has 0 bridgehead atoms. The maximum absolute atomic E-state index is 14.3. The van der Waals surface area contributed by atoms with Gasteiger partial charge in [-0.25, -0.2) is 0 Å². The summed E-state index contributed by atoms with van der Waals surface area (Å²) in [6.45, 7) is 8.13. The van der Waals surface area contributed by atoms with Crippen molar-refractivity contribution in [3.8, 4) is 23.0 Å².